The second kappa shape index (κ2) is 6.59. The Hall–Kier alpha value is -2.07. The Morgan fingerprint density at radius 3 is 2.62 bits per heavy atom. The van der Waals surface area contributed by atoms with E-state index in [0.29, 0.717) is 17.3 Å². The number of halogens is 1. The van der Waals surface area contributed by atoms with Crippen molar-refractivity contribution >= 4 is 23.0 Å². The minimum atomic E-state index is 0.137. The largest absolute Gasteiger partial charge is 0.504 e. The molecule has 0 atom stereocenters. The smallest absolute Gasteiger partial charge is 0.160 e. The van der Waals surface area contributed by atoms with Crippen molar-refractivity contribution in [1.82, 2.24) is 0 Å². The van der Waals surface area contributed by atoms with Crippen LogP contribution in [0.1, 0.15) is 5.56 Å². The van der Waals surface area contributed by atoms with Gasteiger partial charge in [-0.2, -0.15) is 0 Å². The Kier molecular flexibility index (Phi) is 4.81. The van der Waals surface area contributed by atoms with Crippen LogP contribution in [0.3, 0.4) is 0 Å². The lowest BCUT2D eigenvalue weighted by atomic mass is 10.2. The quantitative estimate of drug-likeness (QED) is 0.883. The van der Waals surface area contributed by atoms with Gasteiger partial charge in [0.2, 0.25) is 0 Å². The number of nitrogens with zero attached hydrogens (tertiary/aromatic N) is 1. The van der Waals surface area contributed by atoms with E-state index in [9.17, 15) is 5.11 Å². The number of phenols is 1. The summed E-state index contributed by atoms with van der Waals surface area (Å²) >= 11 is 6.06. The van der Waals surface area contributed by atoms with Gasteiger partial charge < -0.3 is 20.1 Å². The second-order valence-electron chi connectivity index (χ2n) is 4.92. The molecule has 0 heterocycles. The van der Waals surface area contributed by atoms with Gasteiger partial charge in [-0.1, -0.05) is 17.7 Å². The fraction of sp³-hybridized carbons (Fsp3) is 0.250. The van der Waals surface area contributed by atoms with Gasteiger partial charge in [0.05, 0.1) is 18.5 Å². The van der Waals surface area contributed by atoms with Gasteiger partial charge in [0, 0.05) is 25.7 Å². The van der Waals surface area contributed by atoms with Gasteiger partial charge in [-0.25, -0.2) is 0 Å². The molecule has 0 aliphatic rings. The van der Waals surface area contributed by atoms with Crippen molar-refractivity contribution in [2.45, 2.75) is 6.54 Å². The molecule has 112 valence electrons. The fourth-order valence-corrected chi connectivity index (χ4v) is 2.24. The number of hydrogen-bond acceptors (Lipinski definition) is 4. The molecule has 0 amide bonds. The summed E-state index contributed by atoms with van der Waals surface area (Å²) < 4.78 is 5.11. The molecule has 0 unspecified atom stereocenters. The van der Waals surface area contributed by atoms with Crippen molar-refractivity contribution < 1.29 is 9.84 Å². The summed E-state index contributed by atoms with van der Waals surface area (Å²) in [6.07, 6.45) is 0. The number of hydrogen-bond donors (Lipinski definition) is 2. The molecule has 5 heteroatoms. The van der Waals surface area contributed by atoms with Gasteiger partial charge in [-0.15, -0.1) is 0 Å². The van der Waals surface area contributed by atoms with Crippen molar-refractivity contribution in [1.29, 1.82) is 0 Å². The van der Waals surface area contributed by atoms with Crippen molar-refractivity contribution in [3.8, 4) is 11.5 Å². The SMILES string of the molecule is COc1cc(CNc2cc(Cl)ccc2N(C)C)ccc1O. The van der Waals surface area contributed by atoms with Gasteiger partial charge in [0.25, 0.3) is 0 Å². The standard InChI is InChI=1S/C16H19ClN2O2/c1-19(2)14-6-5-12(17)9-13(14)18-10-11-4-7-15(20)16(8-11)21-3/h4-9,18,20H,10H2,1-3H3. The van der Waals surface area contributed by atoms with Gasteiger partial charge in [-0.05, 0) is 35.9 Å². The maximum Gasteiger partial charge on any atom is 0.160 e. The van der Waals surface area contributed by atoms with Crippen LogP contribution in [0.4, 0.5) is 11.4 Å². The highest BCUT2D eigenvalue weighted by Crippen LogP contribution is 2.30. The average Bonchev–Trinajstić information content (AvgIpc) is 2.46. The minimum Gasteiger partial charge on any atom is -0.504 e. The van der Waals surface area contributed by atoms with Crippen LogP contribution in [0.25, 0.3) is 0 Å². The van der Waals surface area contributed by atoms with Crippen LogP contribution < -0.4 is 15.0 Å². The Morgan fingerprint density at radius 2 is 1.95 bits per heavy atom. The number of phenolic OH excluding ortho intramolecular Hbond substituents is 1. The van der Waals surface area contributed by atoms with E-state index in [1.165, 1.54) is 7.11 Å². The lowest BCUT2D eigenvalue weighted by Gasteiger charge is -2.19. The van der Waals surface area contributed by atoms with Crippen LogP contribution in [0.2, 0.25) is 5.02 Å². The van der Waals surface area contributed by atoms with Crippen molar-refractivity contribution in [3.63, 3.8) is 0 Å². The summed E-state index contributed by atoms with van der Waals surface area (Å²) in [6, 6.07) is 11.0. The lowest BCUT2D eigenvalue weighted by Crippen LogP contribution is -2.12. The van der Waals surface area contributed by atoms with Crippen LogP contribution in [0.15, 0.2) is 36.4 Å². The van der Waals surface area contributed by atoms with Crippen LogP contribution >= 0.6 is 11.6 Å². The maximum atomic E-state index is 9.60. The highest BCUT2D eigenvalue weighted by molar-refractivity contribution is 6.31. The zero-order valence-electron chi connectivity index (χ0n) is 12.4. The highest BCUT2D eigenvalue weighted by atomic mass is 35.5. The molecule has 0 aliphatic carbocycles. The first-order chi connectivity index (χ1) is 10.0. The average molecular weight is 307 g/mol. The van der Waals surface area contributed by atoms with Crippen LogP contribution in [-0.2, 0) is 6.54 Å². The summed E-state index contributed by atoms with van der Waals surface area (Å²) in [5.41, 5.74) is 3.03. The molecule has 4 nitrogen and oxygen atoms in total. The summed E-state index contributed by atoms with van der Waals surface area (Å²) in [4.78, 5) is 2.02. The van der Waals surface area contributed by atoms with E-state index < -0.39 is 0 Å². The predicted molar refractivity (Wildman–Crippen MR) is 87.8 cm³/mol. The summed E-state index contributed by atoms with van der Waals surface area (Å²) in [5.74, 6) is 0.603. The number of benzene rings is 2. The van der Waals surface area contributed by atoms with Gasteiger partial charge in [-0.3, -0.25) is 0 Å². The maximum absolute atomic E-state index is 9.60. The second-order valence-corrected chi connectivity index (χ2v) is 5.35. The third kappa shape index (κ3) is 3.73. The molecule has 21 heavy (non-hydrogen) atoms. The first-order valence-corrected chi connectivity index (χ1v) is 6.95. The van der Waals surface area contributed by atoms with E-state index in [2.05, 4.69) is 5.32 Å². The Bertz CT molecular complexity index is 630. The van der Waals surface area contributed by atoms with Gasteiger partial charge in [0.15, 0.2) is 11.5 Å². The summed E-state index contributed by atoms with van der Waals surface area (Å²) in [7, 11) is 5.50. The molecule has 2 N–H and O–H groups in total. The molecule has 0 bridgehead atoms. The minimum absolute atomic E-state index is 0.137. The van der Waals surface area contributed by atoms with E-state index in [4.69, 9.17) is 16.3 Å². The molecular formula is C16H19ClN2O2. The molecule has 0 fully saturated rings. The normalized spacial score (nSPS) is 10.3. The van der Waals surface area contributed by atoms with E-state index in [0.717, 1.165) is 16.9 Å². The topological polar surface area (TPSA) is 44.7 Å². The molecule has 0 radical (unpaired) electrons. The summed E-state index contributed by atoms with van der Waals surface area (Å²) in [6.45, 7) is 0.609. The molecule has 0 saturated carbocycles. The van der Waals surface area contributed by atoms with E-state index in [1.807, 2.05) is 49.3 Å². The van der Waals surface area contributed by atoms with Crippen LogP contribution in [-0.4, -0.2) is 26.3 Å². The highest BCUT2D eigenvalue weighted by Gasteiger charge is 2.07. The Balaban J connectivity index is 2.18. The first-order valence-electron chi connectivity index (χ1n) is 6.58. The monoisotopic (exact) mass is 306 g/mol. The molecule has 2 aromatic rings. The molecule has 0 aromatic heterocycles. The Morgan fingerprint density at radius 1 is 1.19 bits per heavy atom. The van der Waals surface area contributed by atoms with Gasteiger partial charge >= 0.3 is 0 Å². The number of ether oxygens (including phenoxy) is 1. The molecule has 0 spiro atoms. The fourth-order valence-electron chi connectivity index (χ4n) is 2.07. The number of nitrogens with one attached hydrogen (secondary N) is 1. The molecule has 2 rings (SSSR count). The Labute approximate surface area is 129 Å². The lowest BCUT2D eigenvalue weighted by molar-refractivity contribution is 0.373. The van der Waals surface area contributed by atoms with Crippen molar-refractivity contribution in [2.75, 3.05) is 31.4 Å². The summed E-state index contributed by atoms with van der Waals surface area (Å²) in [5, 5.41) is 13.6. The van der Waals surface area contributed by atoms with Crippen LogP contribution in [0.5, 0.6) is 11.5 Å². The number of anilines is 2. The number of methoxy groups -OCH3 is 1. The molecular weight excluding hydrogens is 288 g/mol. The molecule has 0 saturated heterocycles. The third-order valence-electron chi connectivity index (χ3n) is 3.17. The van der Waals surface area contributed by atoms with Crippen molar-refractivity contribution in [2.24, 2.45) is 0 Å². The van der Waals surface area contributed by atoms with E-state index in [1.54, 1.807) is 6.07 Å². The van der Waals surface area contributed by atoms with Gasteiger partial charge in [0.1, 0.15) is 0 Å². The molecule has 0 aliphatic heterocycles. The zero-order valence-corrected chi connectivity index (χ0v) is 13.1. The van der Waals surface area contributed by atoms with Crippen LogP contribution in [0, 0.1) is 0 Å². The van der Waals surface area contributed by atoms with E-state index >= 15 is 0 Å². The van der Waals surface area contributed by atoms with E-state index in [-0.39, 0.29) is 5.75 Å². The predicted octanol–water partition coefficient (Wildman–Crippen LogP) is 3.73. The zero-order chi connectivity index (χ0) is 15.4. The number of aromatic hydroxyl groups is 1. The first kappa shape index (κ1) is 15.3. The molecule has 2 aromatic carbocycles. The van der Waals surface area contributed by atoms with Crippen molar-refractivity contribution in [3.05, 3.63) is 47.0 Å². The number of rotatable bonds is 5. The third-order valence-corrected chi connectivity index (χ3v) is 3.40.